The molecule has 8 heteroatoms. The minimum absolute atomic E-state index is 0.0387. The fourth-order valence-electron chi connectivity index (χ4n) is 3.25. The number of nitro benzene ring substituents is 1. The number of anilines is 2. The average Bonchev–Trinajstić information content (AvgIpc) is 2.74. The lowest BCUT2D eigenvalue weighted by atomic mass is 10.1. The van der Waals surface area contributed by atoms with E-state index in [1.54, 1.807) is 30.3 Å². The van der Waals surface area contributed by atoms with Gasteiger partial charge >= 0.3 is 5.97 Å². The minimum Gasteiger partial charge on any atom is -0.449 e. The van der Waals surface area contributed by atoms with Crippen LogP contribution >= 0.6 is 0 Å². The molecule has 1 fully saturated rings. The molecule has 0 spiro atoms. The Morgan fingerprint density at radius 3 is 2.45 bits per heavy atom. The van der Waals surface area contributed by atoms with Crippen molar-refractivity contribution in [2.45, 2.75) is 32.3 Å². The Morgan fingerprint density at radius 2 is 1.79 bits per heavy atom. The van der Waals surface area contributed by atoms with Crippen molar-refractivity contribution in [2.24, 2.45) is 0 Å². The smallest absolute Gasteiger partial charge is 0.339 e. The van der Waals surface area contributed by atoms with Crippen LogP contribution in [-0.4, -0.2) is 36.0 Å². The predicted molar refractivity (Wildman–Crippen MR) is 109 cm³/mol. The van der Waals surface area contributed by atoms with Crippen LogP contribution in [0.3, 0.4) is 0 Å². The Hall–Kier alpha value is -3.42. The third kappa shape index (κ3) is 5.10. The van der Waals surface area contributed by atoms with E-state index >= 15 is 0 Å². The molecular weight excluding hydrogens is 374 g/mol. The number of amides is 1. The topological polar surface area (TPSA) is 102 Å². The number of benzene rings is 2. The summed E-state index contributed by atoms with van der Waals surface area (Å²) in [6.07, 6.45) is 2.02. The number of piperidine rings is 1. The Labute approximate surface area is 168 Å². The average molecular weight is 397 g/mol. The monoisotopic (exact) mass is 397 g/mol. The maximum atomic E-state index is 12.4. The molecule has 0 aromatic heterocycles. The van der Waals surface area contributed by atoms with Gasteiger partial charge in [0.15, 0.2) is 6.10 Å². The van der Waals surface area contributed by atoms with Crippen LogP contribution in [0.1, 0.15) is 36.5 Å². The summed E-state index contributed by atoms with van der Waals surface area (Å²) in [5.41, 5.74) is 0.989. The highest BCUT2D eigenvalue weighted by molar-refractivity contribution is 5.97. The normalized spacial score (nSPS) is 14.7. The number of nitrogens with one attached hydrogen (secondary N) is 1. The molecule has 8 nitrogen and oxygen atoms in total. The number of hydrogen-bond acceptors (Lipinski definition) is 6. The summed E-state index contributed by atoms with van der Waals surface area (Å²) in [6.45, 7) is 2.95. The third-order valence-corrected chi connectivity index (χ3v) is 4.80. The number of nitro groups is 1. The molecule has 0 radical (unpaired) electrons. The van der Waals surface area contributed by atoms with Crippen LogP contribution in [0.2, 0.25) is 0 Å². The molecule has 0 aliphatic carbocycles. The molecule has 0 saturated carbocycles. The SMILES string of the molecule is C[C@@H](OC(=O)c1ccc(N2CCCCC2)c([N+](=O)[O-])c1)C(=O)Nc1ccccc1. The van der Waals surface area contributed by atoms with E-state index in [4.69, 9.17) is 4.74 Å². The second-order valence-electron chi connectivity index (χ2n) is 6.91. The first-order valence-corrected chi connectivity index (χ1v) is 9.56. The van der Waals surface area contributed by atoms with Gasteiger partial charge in [-0.3, -0.25) is 14.9 Å². The van der Waals surface area contributed by atoms with Crippen molar-refractivity contribution >= 4 is 28.9 Å². The molecular formula is C21H23N3O5. The van der Waals surface area contributed by atoms with Crippen molar-refractivity contribution in [3.05, 3.63) is 64.2 Å². The van der Waals surface area contributed by atoms with E-state index < -0.39 is 22.9 Å². The number of hydrogen-bond donors (Lipinski definition) is 1. The number of ether oxygens (including phenoxy) is 1. The molecule has 1 aliphatic heterocycles. The number of para-hydroxylation sites is 1. The standard InChI is InChI=1S/C21H23N3O5/c1-15(20(25)22-17-8-4-2-5-9-17)29-21(26)16-10-11-18(19(14-16)24(27)28)23-12-6-3-7-13-23/h2,4-5,8-11,14-15H,3,6-7,12-13H2,1H3,(H,22,25)/t15-/m1/s1. The van der Waals surface area contributed by atoms with Crippen LogP contribution in [0.5, 0.6) is 0 Å². The lowest BCUT2D eigenvalue weighted by Crippen LogP contribution is -2.31. The van der Waals surface area contributed by atoms with Gasteiger partial charge in [-0.1, -0.05) is 18.2 Å². The first-order valence-electron chi connectivity index (χ1n) is 9.56. The van der Waals surface area contributed by atoms with Gasteiger partial charge in [0.05, 0.1) is 10.5 Å². The summed E-state index contributed by atoms with van der Waals surface area (Å²) in [5, 5.41) is 14.2. The molecule has 0 unspecified atom stereocenters. The molecule has 2 aromatic rings. The fraction of sp³-hybridized carbons (Fsp3) is 0.333. The van der Waals surface area contributed by atoms with Crippen molar-refractivity contribution in [1.29, 1.82) is 0 Å². The Bertz CT molecular complexity index is 894. The Balaban J connectivity index is 1.70. The van der Waals surface area contributed by atoms with E-state index in [2.05, 4.69) is 5.32 Å². The fourth-order valence-corrected chi connectivity index (χ4v) is 3.25. The zero-order valence-electron chi connectivity index (χ0n) is 16.2. The van der Waals surface area contributed by atoms with E-state index in [0.717, 1.165) is 32.4 Å². The van der Waals surface area contributed by atoms with Gasteiger partial charge in [0.1, 0.15) is 5.69 Å². The minimum atomic E-state index is -1.05. The zero-order valence-corrected chi connectivity index (χ0v) is 16.2. The number of carbonyl (C=O) groups excluding carboxylic acids is 2. The van der Waals surface area contributed by atoms with E-state index in [0.29, 0.717) is 11.4 Å². The molecule has 152 valence electrons. The number of carbonyl (C=O) groups is 2. The zero-order chi connectivity index (χ0) is 20.8. The van der Waals surface area contributed by atoms with Crippen LogP contribution in [-0.2, 0) is 9.53 Å². The van der Waals surface area contributed by atoms with E-state index in [9.17, 15) is 19.7 Å². The van der Waals surface area contributed by atoms with Crippen molar-refractivity contribution in [2.75, 3.05) is 23.3 Å². The van der Waals surface area contributed by atoms with E-state index in [-0.39, 0.29) is 11.3 Å². The maximum Gasteiger partial charge on any atom is 0.339 e. The van der Waals surface area contributed by atoms with E-state index in [1.165, 1.54) is 19.1 Å². The lowest BCUT2D eigenvalue weighted by Gasteiger charge is -2.28. The van der Waals surface area contributed by atoms with Gasteiger partial charge in [-0.25, -0.2) is 4.79 Å². The molecule has 3 rings (SSSR count). The van der Waals surface area contributed by atoms with Crippen LogP contribution in [0.4, 0.5) is 17.1 Å². The molecule has 1 N–H and O–H groups in total. The molecule has 29 heavy (non-hydrogen) atoms. The number of rotatable bonds is 6. The van der Waals surface area contributed by atoms with Crippen LogP contribution in [0, 0.1) is 10.1 Å². The van der Waals surface area contributed by atoms with Crippen molar-refractivity contribution in [3.8, 4) is 0 Å². The largest absolute Gasteiger partial charge is 0.449 e. The lowest BCUT2D eigenvalue weighted by molar-refractivity contribution is -0.384. The molecule has 2 aromatic carbocycles. The molecule has 1 amide bonds. The van der Waals surface area contributed by atoms with Crippen LogP contribution < -0.4 is 10.2 Å². The second-order valence-corrected chi connectivity index (χ2v) is 6.91. The molecule has 0 bridgehead atoms. The number of esters is 1. The predicted octanol–water partition coefficient (Wildman–Crippen LogP) is 3.77. The summed E-state index contributed by atoms with van der Waals surface area (Å²) >= 11 is 0. The Kier molecular flexibility index (Phi) is 6.43. The van der Waals surface area contributed by atoms with Gasteiger partial charge in [-0.15, -0.1) is 0 Å². The summed E-state index contributed by atoms with van der Waals surface area (Å²) in [6, 6.07) is 13.1. The van der Waals surface area contributed by atoms with Gasteiger partial charge in [-0.2, -0.15) is 0 Å². The molecule has 1 atom stereocenters. The summed E-state index contributed by atoms with van der Waals surface area (Å²) < 4.78 is 5.20. The maximum absolute atomic E-state index is 12.4. The summed E-state index contributed by atoms with van der Waals surface area (Å²) in [7, 11) is 0. The summed E-state index contributed by atoms with van der Waals surface area (Å²) in [5.74, 6) is -1.27. The molecule has 1 heterocycles. The van der Waals surface area contributed by atoms with Crippen molar-refractivity contribution in [3.63, 3.8) is 0 Å². The van der Waals surface area contributed by atoms with Gasteiger partial charge in [-0.05, 0) is 50.5 Å². The Morgan fingerprint density at radius 1 is 1.10 bits per heavy atom. The molecule has 1 aliphatic rings. The van der Waals surface area contributed by atoms with Gasteiger partial charge in [0, 0.05) is 24.8 Å². The van der Waals surface area contributed by atoms with Crippen LogP contribution in [0.15, 0.2) is 48.5 Å². The summed E-state index contributed by atoms with van der Waals surface area (Å²) in [4.78, 5) is 37.7. The quantitative estimate of drug-likeness (QED) is 0.452. The first kappa shape index (κ1) is 20.3. The number of nitrogens with zero attached hydrogens (tertiary/aromatic N) is 2. The highest BCUT2D eigenvalue weighted by atomic mass is 16.6. The van der Waals surface area contributed by atoms with Crippen molar-refractivity contribution < 1.29 is 19.2 Å². The second kappa shape index (κ2) is 9.18. The van der Waals surface area contributed by atoms with Gasteiger partial charge in [0.25, 0.3) is 11.6 Å². The highest BCUT2D eigenvalue weighted by Crippen LogP contribution is 2.31. The van der Waals surface area contributed by atoms with Gasteiger partial charge in [0.2, 0.25) is 0 Å². The first-order chi connectivity index (χ1) is 14.0. The van der Waals surface area contributed by atoms with Gasteiger partial charge < -0.3 is 15.0 Å². The van der Waals surface area contributed by atoms with Crippen molar-refractivity contribution in [1.82, 2.24) is 0 Å². The molecule has 1 saturated heterocycles. The van der Waals surface area contributed by atoms with E-state index in [1.807, 2.05) is 11.0 Å². The third-order valence-electron chi connectivity index (χ3n) is 4.80. The van der Waals surface area contributed by atoms with Crippen LogP contribution in [0.25, 0.3) is 0 Å². The highest BCUT2D eigenvalue weighted by Gasteiger charge is 2.25.